The number of nitrogens with zero attached hydrogens (tertiary/aromatic N) is 2. The van der Waals surface area contributed by atoms with Crippen molar-refractivity contribution in [2.24, 2.45) is 4.99 Å². The highest BCUT2D eigenvalue weighted by molar-refractivity contribution is 5.83. The summed E-state index contributed by atoms with van der Waals surface area (Å²) >= 11 is 0. The minimum Gasteiger partial charge on any atom is -0.493 e. The average molecular weight is 420 g/mol. The maximum atomic E-state index is 13.0. The summed E-state index contributed by atoms with van der Waals surface area (Å²) in [6.07, 6.45) is 1.80. The smallest absolute Gasteiger partial charge is 0.161 e. The summed E-state index contributed by atoms with van der Waals surface area (Å²) in [6.45, 7) is 3.70. The number of methoxy groups -OCH3 is 1. The Morgan fingerprint density at radius 1 is 0.968 bits per heavy atom. The van der Waals surface area contributed by atoms with Crippen LogP contribution in [0.4, 0.5) is 15.8 Å². The zero-order chi connectivity index (χ0) is 21.5. The van der Waals surface area contributed by atoms with E-state index in [0.717, 1.165) is 43.1 Å². The van der Waals surface area contributed by atoms with Crippen LogP contribution in [0.3, 0.4) is 0 Å². The lowest BCUT2D eigenvalue weighted by Crippen LogP contribution is -2.36. The van der Waals surface area contributed by atoms with Gasteiger partial charge in [0, 0.05) is 25.0 Å². The minimum atomic E-state index is -0.263. The first-order valence-electron chi connectivity index (χ1n) is 10.2. The fourth-order valence-electron chi connectivity index (χ4n) is 3.35. The van der Waals surface area contributed by atoms with Crippen LogP contribution in [0.1, 0.15) is 11.1 Å². The Morgan fingerprint density at radius 2 is 1.71 bits per heavy atom. The Balaban J connectivity index is 1.40. The summed E-state index contributed by atoms with van der Waals surface area (Å²) in [5, 5.41) is 0. The molecule has 0 N–H and O–H groups in total. The lowest BCUT2D eigenvalue weighted by atomic mass is 10.2. The van der Waals surface area contributed by atoms with E-state index in [4.69, 9.17) is 14.2 Å². The molecule has 3 aromatic rings. The lowest BCUT2D eigenvalue weighted by Gasteiger charge is -2.28. The molecule has 1 heterocycles. The van der Waals surface area contributed by atoms with Crippen LogP contribution in [-0.2, 0) is 11.3 Å². The fraction of sp³-hybridized carbons (Fsp3) is 0.240. The molecule has 0 amide bonds. The van der Waals surface area contributed by atoms with E-state index in [1.807, 2.05) is 30.3 Å². The number of morpholine rings is 1. The number of hydrogen-bond acceptors (Lipinski definition) is 5. The van der Waals surface area contributed by atoms with Crippen LogP contribution in [0.15, 0.2) is 71.7 Å². The number of ether oxygens (including phenoxy) is 3. The van der Waals surface area contributed by atoms with E-state index < -0.39 is 0 Å². The van der Waals surface area contributed by atoms with Crippen molar-refractivity contribution in [1.29, 1.82) is 0 Å². The Morgan fingerprint density at radius 3 is 2.42 bits per heavy atom. The SMILES string of the molecule is COc1cc(C=Nc2ccc(N3CCOCC3)cc2)ccc1OCc1ccc(F)cc1. The normalized spacial score (nSPS) is 14.1. The third kappa shape index (κ3) is 5.61. The second kappa shape index (κ2) is 10.1. The Labute approximate surface area is 181 Å². The highest BCUT2D eigenvalue weighted by atomic mass is 19.1. The largest absolute Gasteiger partial charge is 0.493 e. The molecule has 6 heteroatoms. The monoisotopic (exact) mass is 420 g/mol. The van der Waals surface area contributed by atoms with Gasteiger partial charge in [-0.05, 0) is 65.7 Å². The molecular weight excluding hydrogens is 395 g/mol. The molecule has 0 saturated carbocycles. The van der Waals surface area contributed by atoms with Gasteiger partial charge in [0.2, 0.25) is 0 Å². The van der Waals surface area contributed by atoms with E-state index in [9.17, 15) is 4.39 Å². The molecule has 0 unspecified atom stereocenters. The second-order valence-electron chi connectivity index (χ2n) is 7.20. The average Bonchev–Trinajstić information content (AvgIpc) is 2.83. The Hall–Kier alpha value is -3.38. The zero-order valence-corrected chi connectivity index (χ0v) is 17.5. The Bertz CT molecular complexity index is 1010. The van der Waals surface area contributed by atoms with Crippen LogP contribution in [0.5, 0.6) is 11.5 Å². The third-order valence-corrected chi connectivity index (χ3v) is 5.08. The molecule has 1 fully saturated rings. The molecule has 0 radical (unpaired) electrons. The van der Waals surface area contributed by atoms with Crippen LogP contribution in [0, 0.1) is 5.82 Å². The molecule has 0 aliphatic carbocycles. The van der Waals surface area contributed by atoms with Gasteiger partial charge < -0.3 is 19.1 Å². The number of benzene rings is 3. The van der Waals surface area contributed by atoms with Gasteiger partial charge in [0.1, 0.15) is 12.4 Å². The van der Waals surface area contributed by atoms with Gasteiger partial charge in [-0.1, -0.05) is 12.1 Å². The fourth-order valence-corrected chi connectivity index (χ4v) is 3.35. The summed E-state index contributed by atoms with van der Waals surface area (Å²) in [6, 6.07) is 20.1. The first-order valence-corrected chi connectivity index (χ1v) is 10.2. The summed E-state index contributed by atoms with van der Waals surface area (Å²) < 4.78 is 29.7. The maximum absolute atomic E-state index is 13.0. The lowest BCUT2D eigenvalue weighted by molar-refractivity contribution is 0.122. The van der Waals surface area contributed by atoms with E-state index in [-0.39, 0.29) is 5.82 Å². The van der Waals surface area contributed by atoms with Crippen molar-refractivity contribution < 1.29 is 18.6 Å². The zero-order valence-electron chi connectivity index (χ0n) is 17.5. The highest BCUT2D eigenvalue weighted by Crippen LogP contribution is 2.29. The van der Waals surface area contributed by atoms with Crippen LogP contribution in [-0.4, -0.2) is 39.6 Å². The Kier molecular flexibility index (Phi) is 6.79. The number of hydrogen-bond donors (Lipinski definition) is 0. The second-order valence-corrected chi connectivity index (χ2v) is 7.20. The molecule has 1 aliphatic rings. The molecule has 3 aromatic carbocycles. The molecule has 0 aromatic heterocycles. The molecule has 0 atom stereocenters. The standard InChI is InChI=1S/C25H25FN2O3/c1-29-25-16-20(4-11-24(25)31-18-19-2-5-21(26)6-3-19)17-27-22-7-9-23(10-8-22)28-12-14-30-15-13-28/h2-11,16-17H,12-15,18H2,1H3. The number of anilines is 1. The molecule has 31 heavy (non-hydrogen) atoms. The number of halogens is 1. The van der Waals surface area contributed by atoms with Crippen molar-refractivity contribution in [1.82, 2.24) is 0 Å². The first-order chi connectivity index (χ1) is 15.2. The van der Waals surface area contributed by atoms with Crippen LogP contribution in [0.25, 0.3) is 0 Å². The first kappa shape index (κ1) is 20.9. The van der Waals surface area contributed by atoms with Gasteiger partial charge >= 0.3 is 0 Å². The summed E-state index contributed by atoms with van der Waals surface area (Å²) in [5.74, 6) is 0.980. The van der Waals surface area contributed by atoms with E-state index in [1.54, 1.807) is 25.5 Å². The topological polar surface area (TPSA) is 43.3 Å². The van der Waals surface area contributed by atoms with Crippen LogP contribution < -0.4 is 14.4 Å². The molecule has 160 valence electrons. The summed E-state index contributed by atoms with van der Waals surface area (Å²) in [5.41, 5.74) is 3.86. The van der Waals surface area contributed by atoms with Gasteiger partial charge in [-0.15, -0.1) is 0 Å². The van der Waals surface area contributed by atoms with Gasteiger partial charge in [0.05, 0.1) is 26.0 Å². The van der Waals surface area contributed by atoms with E-state index in [2.05, 4.69) is 22.0 Å². The van der Waals surface area contributed by atoms with Crippen LogP contribution >= 0.6 is 0 Å². The van der Waals surface area contributed by atoms with Crippen molar-refractivity contribution in [3.8, 4) is 11.5 Å². The van der Waals surface area contributed by atoms with Crippen molar-refractivity contribution in [3.05, 3.63) is 83.7 Å². The quantitative estimate of drug-likeness (QED) is 0.505. The van der Waals surface area contributed by atoms with E-state index in [0.29, 0.717) is 18.1 Å². The summed E-state index contributed by atoms with van der Waals surface area (Å²) in [7, 11) is 1.60. The predicted molar refractivity (Wildman–Crippen MR) is 120 cm³/mol. The van der Waals surface area contributed by atoms with Gasteiger partial charge in [-0.2, -0.15) is 0 Å². The molecule has 5 nitrogen and oxygen atoms in total. The van der Waals surface area contributed by atoms with Gasteiger partial charge in [-0.3, -0.25) is 4.99 Å². The maximum Gasteiger partial charge on any atom is 0.161 e. The molecule has 1 saturated heterocycles. The molecular formula is C25H25FN2O3. The molecule has 0 spiro atoms. The van der Waals surface area contributed by atoms with Crippen molar-refractivity contribution in [2.75, 3.05) is 38.3 Å². The van der Waals surface area contributed by atoms with Gasteiger partial charge in [0.15, 0.2) is 11.5 Å². The highest BCUT2D eigenvalue weighted by Gasteiger charge is 2.10. The van der Waals surface area contributed by atoms with Gasteiger partial charge in [-0.25, -0.2) is 4.39 Å². The number of rotatable bonds is 7. The minimum absolute atomic E-state index is 0.263. The van der Waals surface area contributed by atoms with Crippen molar-refractivity contribution in [3.63, 3.8) is 0 Å². The molecule has 0 bridgehead atoms. The van der Waals surface area contributed by atoms with Crippen molar-refractivity contribution >= 4 is 17.6 Å². The van der Waals surface area contributed by atoms with Crippen molar-refractivity contribution in [2.45, 2.75) is 6.61 Å². The molecule has 4 rings (SSSR count). The van der Waals surface area contributed by atoms with E-state index in [1.165, 1.54) is 17.8 Å². The third-order valence-electron chi connectivity index (χ3n) is 5.08. The van der Waals surface area contributed by atoms with Crippen LogP contribution in [0.2, 0.25) is 0 Å². The summed E-state index contributed by atoms with van der Waals surface area (Å²) in [4.78, 5) is 6.88. The van der Waals surface area contributed by atoms with E-state index >= 15 is 0 Å². The molecule has 1 aliphatic heterocycles. The number of aliphatic imine (C=N–C) groups is 1. The predicted octanol–water partition coefficient (Wildman–Crippen LogP) is 5.00. The van der Waals surface area contributed by atoms with Gasteiger partial charge in [0.25, 0.3) is 0 Å².